The molecule has 1 aliphatic heterocycles. The fourth-order valence-electron chi connectivity index (χ4n) is 3.04. The van der Waals surface area contributed by atoms with Crippen molar-refractivity contribution in [2.24, 2.45) is 0 Å². The summed E-state index contributed by atoms with van der Waals surface area (Å²) in [5.41, 5.74) is 1.49. The Balaban J connectivity index is 1.65. The number of hydrogen-bond acceptors (Lipinski definition) is 5. The minimum atomic E-state index is -0.107. The van der Waals surface area contributed by atoms with Crippen LogP contribution >= 0.6 is 0 Å². The predicted molar refractivity (Wildman–Crippen MR) is 90.1 cm³/mol. The third-order valence-electron chi connectivity index (χ3n) is 4.28. The number of rotatable bonds is 6. The molecular formula is C17H22N6O2. The third kappa shape index (κ3) is 4.40. The summed E-state index contributed by atoms with van der Waals surface area (Å²) >= 11 is 0. The van der Waals surface area contributed by atoms with Gasteiger partial charge in [-0.2, -0.15) is 0 Å². The zero-order valence-corrected chi connectivity index (χ0v) is 14.3. The molecule has 0 unspecified atom stereocenters. The molecule has 1 aliphatic rings. The molecule has 8 nitrogen and oxygen atoms in total. The van der Waals surface area contributed by atoms with Gasteiger partial charge in [0.2, 0.25) is 11.8 Å². The first kappa shape index (κ1) is 17.1. The Kier molecular flexibility index (Phi) is 5.37. The van der Waals surface area contributed by atoms with Gasteiger partial charge in [0.1, 0.15) is 0 Å². The number of hydrogen-bond donors (Lipinski definition) is 1. The monoisotopic (exact) mass is 342 g/mol. The second-order valence-electron chi connectivity index (χ2n) is 6.14. The molecule has 3 heterocycles. The highest BCUT2D eigenvalue weighted by molar-refractivity contribution is 5.77. The first-order valence-corrected chi connectivity index (χ1v) is 8.44. The Morgan fingerprint density at radius 3 is 2.96 bits per heavy atom. The molecule has 1 atom stereocenters. The minimum Gasteiger partial charge on any atom is -0.351 e. The molecule has 0 radical (unpaired) electrons. The third-order valence-corrected chi connectivity index (χ3v) is 4.28. The van der Waals surface area contributed by atoms with Crippen LogP contribution in [0.15, 0.2) is 31.1 Å². The fraction of sp³-hybridized carbons (Fsp3) is 0.471. The van der Waals surface area contributed by atoms with Gasteiger partial charge in [0.25, 0.3) is 0 Å². The average molecular weight is 342 g/mol. The molecule has 0 saturated carbocycles. The minimum absolute atomic E-state index is 0.0416. The molecule has 0 bridgehead atoms. The standard InChI is InChI=1S/C17H22N6O2/c1-13(24)20-10-14-9-19-11-15(21-14)16-3-2-6-23(16)17(25)4-7-22-8-5-18-12-22/h5,8-9,11-12,16H,2-4,6-7,10H2,1H3,(H,20,24)/t16-/m0/s1. The van der Waals surface area contributed by atoms with Gasteiger partial charge < -0.3 is 14.8 Å². The molecule has 1 fully saturated rings. The number of nitrogens with zero attached hydrogens (tertiary/aromatic N) is 5. The number of aryl methyl sites for hydroxylation is 1. The molecule has 2 aromatic rings. The molecule has 8 heteroatoms. The van der Waals surface area contributed by atoms with Crippen molar-refractivity contribution >= 4 is 11.8 Å². The zero-order valence-electron chi connectivity index (χ0n) is 14.3. The normalized spacial score (nSPS) is 16.8. The van der Waals surface area contributed by atoms with Gasteiger partial charge in [0.15, 0.2) is 0 Å². The highest BCUT2D eigenvalue weighted by Gasteiger charge is 2.30. The Morgan fingerprint density at radius 2 is 2.20 bits per heavy atom. The quantitative estimate of drug-likeness (QED) is 0.847. The van der Waals surface area contributed by atoms with Crippen LogP contribution in [0.5, 0.6) is 0 Å². The molecule has 132 valence electrons. The molecule has 1 saturated heterocycles. The molecule has 0 aliphatic carbocycles. The van der Waals surface area contributed by atoms with Crippen LogP contribution in [0.25, 0.3) is 0 Å². The highest BCUT2D eigenvalue weighted by Crippen LogP contribution is 2.31. The first-order valence-electron chi connectivity index (χ1n) is 8.44. The van der Waals surface area contributed by atoms with E-state index < -0.39 is 0 Å². The van der Waals surface area contributed by atoms with E-state index in [-0.39, 0.29) is 17.9 Å². The van der Waals surface area contributed by atoms with E-state index in [0.717, 1.165) is 25.1 Å². The van der Waals surface area contributed by atoms with Crippen molar-refractivity contribution in [3.63, 3.8) is 0 Å². The van der Waals surface area contributed by atoms with E-state index >= 15 is 0 Å². The molecule has 0 spiro atoms. The number of imidazole rings is 1. The van der Waals surface area contributed by atoms with Crippen LogP contribution in [0, 0.1) is 0 Å². The van der Waals surface area contributed by atoms with E-state index in [1.807, 2.05) is 15.7 Å². The Morgan fingerprint density at radius 1 is 1.32 bits per heavy atom. The van der Waals surface area contributed by atoms with Gasteiger partial charge >= 0.3 is 0 Å². The zero-order chi connectivity index (χ0) is 17.6. The van der Waals surface area contributed by atoms with E-state index in [1.54, 1.807) is 24.9 Å². The van der Waals surface area contributed by atoms with E-state index in [4.69, 9.17) is 0 Å². The van der Waals surface area contributed by atoms with Crippen molar-refractivity contribution < 1.29 is 9.59 Å². The number of carbonyl (C=O) groups excluding carboxylic acids is 2. The maximum atomic E-state index is 12.6. The van der Waals surface area contributed by atoms with Crippen LogP contribution in [0.4, 0.5) is 0 Å². The van der Waals surface area contributed by atoms with E-state index in [0.29, 0.717) is 25.2 Å². The average Bonchev–Trinajstić information content (AvgIpc) is 3.29. The lowest BCUT2D eigenvalue weighted by molar-refractivity contribution is -0.132. The van der Waals surface area contributed by atoms with Crippen molar-refractivity contribution in [1.29, 1.82) is 0 Å². The van der Waals surface area contributed by atoms with Crippen LogP contribution in [0.3, 0.4) is 0 Å². The van der Waals surface area contributed by atoms with Crippen molar-refractivity contribution in [2.45, 2.75) is 45.3 Å². The van der Waals surface area contributed by atoms with Crippen molar-refractivity contribution in [2.75, 3.05) is 6.54 Å². The predicted octanol–water partition coefficient (Wildman–Crippen LogP) is 1.06. The molecule has 2 aromatic heterocycles. The van der Waals surface area contributed by atoms with Crippen molar-refractivity contribution in [1.82, 2.24) is 29.7 Å². The molecule has 25 heavy (non-hydrogen) atoms. The van der Waals surface area contributed by atoms with E-state index in [9.17, 15) is 9.59 Å². The molecule has 0 aromatic carbocycles. The SMILES string of the molecule is CC(=O)NCc1cncc([C@@H]2CCCN2C(=O)CCn2ccnc2)n1. The van der Waals surface area contributed by atoms with Gasteiger partial charge in [-0.1, -0.05) is 0 Å². The Bertz CT molecular complexity index is 730. The summed E-state index contributed by atoms with van der Waals surface area (Å²) in [5.74, 6) is 0.00893. The lowest BCUT2D eigenvalue weighted by Gasteiger charge is -2.24. The summed E-state index contributed by atoms with van der Waals surface area (Å²) in [5, 5.41) is 2.72. The van der Waals surface area contributed by atoms with Gasteiger partial charge in [-0.25, -0.2) is 4.98 Å². The molecular weight excluding hydrogens is 320 g/mol. The summed E-state index contributed by atoms with van der Waals surface area (Å²) < 4.78 is 1.90. The van der Waals surface area contributed by atoms with Crippen LogP contribution in [-0.4, -0.2) is 42.8 Å². The summed E-state index contributed by atoms with van der Waals surface area (Å²) in [6.45, 7) is 3.17. The van der Waals surface area contributed by atoms with Gasteiger partial charge in [0.05, 0.1) is 42.7 Å². The summed E-state index contributed by atoms with van der Waals surface area (Å²) in [6.07, 6.45) is 10.9. The van der Waals surface area contributed by atoms with Crippen LogP contribution < -0.4 is 5.32 Å². The number of carbonyl (C=O) groups is 2. The van der Waals surface area contributed by atoms with Gasteiger partial charge in [-0.05, 0) is 12.8 Å². The van der Waals surface area contributed by atoms with Crippen LogP contribution in [0.2, 0.25) is 0 Å². The summed E-state index contributed by atoms with van der Waals surface area (Å²) in [4.78, 5) is 38.3. The largest absolute Gasteiger partial charge is 0.351 e. The topological polar surface area (TPSA) is 93.0 Å². The number of aromatic nitrogens is 4. The number of nitrogens with one attached hydrogen (secondary N) is 1. The van der Waals surface area contributed by atoms with Gasteiger partial charge in [-0.15, -0.1) is 0 Å². The van der Waals surface area contributed by atoms with Crippen LogP contribution in [-0.2, 0) is 22.7 Å². The fourth-order valence-corrected chi connectivity index (χ4v) is 3.04. The highest BCUT2D eigenvalue weighted by atomic mass is 16.2. The first-order chi connectivity index (χ1) is 12.1. The lowest BCUT2D eigenvalue weighted by atomic mass is 10.1. The maximum absolute atomic E-state index is 12.6. The summed E-state index contributed by atoms with van der Waals surface area (Å²) in [7, 11) is 0. The molecule has 1 N–H and O–H groups in total. The molecule has 2 amide bonds. The Hall–Kier alpha value is -2.77. The second-order valence-corrected chi connectivity index (χ2v) is 6.14. The summed E-state index contributed by atoms with van der Waals surface area (Å²) in [6, 6.07) is -0.0416. The maximum Gasteiger partial charge on any atom is 0.224 e. The van der Waals surface area contributed by atoms with E-state index in [1.165, 1.54) is 6.92 Å². The van der Waals surface area contributed by atoms with Crippen molar-refractivity contribution in [3.8, 4) is 0 Å². The van der Waals surface area contributed by atoms with Gasteiger partial charge in [0, 0.05) is 38.8 Å². The van der Waals surface area contributed by atoms with Crippen molar-refractivity contribution in [3.05, 3.63) is 42.5 Å². The lowest BCUT2D eigenvalue weighted by Crippen LogP contribution is -2.32. The van der Waals surface area contributed by atoms with Gasteiger partial charge in [-0.3, -0.25) is 19.6 Å². The van der Waals surface area contributed by atoms with E-state index in [2.05, 4.69) is 20.3 Å². The second kappa shape index (κ2) is 7.87. The smallest absolute Gasteiger partial charge is 0.224 e. The Labute approximate surface area is 146 Å². The number of amides is 2. The molecule has 3 rings (SSSR count). The van der Waals surface area contributed by atoms with Crippen LogP contribution in [0.1, 0.15) is 43.6 Å². The number of likely N-dealkylation sites (tertiary alicyclic amines) is 1.